The molecule has 1 aromatic heterocycles. The average Bonchev–Trinajstić information content (AvgIpc) is 3.15. The molecule has 0 radical (unpaired) electrons. The summed E-state index contributed by atoms with van der Waals surface area (Å²) in [4.78, 5) is 22.4. The number of para-hydroxylation sites is 1. The number of rotatable bonds is 7. The molecule has 0 aliphatic heterocycles. The number of hydrogen-bond acceptors (Lipinski definition) is 7. The van der Waals surface area contributed by atoms with E-state index in [-0.39, 0.29) is 11.8 Å². The molecule has 1 N–H and O–H groups in total. The van der Waals surface area contributed by atoms with E-state index in [1.165, 1.54) is 35.6 Å². The third-order valence-electron chi connectivity index (χ3n) is 3.67. The largest absolute Gasteiger partial charge is 0.483 e. The molecule has 0 fully saturated rings. The number of ether oxygens (including phenoxy) is 1. The monoisotopic (exact) mass is 384 g/mol. The van der Waals surface area contributed by atoms with E-state index < -0.39 is 10.8 Å². The van der Waals surface area contributed by atoms with Crippen LogP contribution in [0.1, 0.15) is 34.8 Å². The number of nitro benzene ring substituents is 1. The first-order chi connectivity index (χ1) is 13.1. The second-order valence-corrected chi connectivity index (χ2v) is 6.54. The Labute approximate surface area is 159 Å². The summed E-state index contributed by atoms with van der Waals surface area (Å²) in [6, 6.07) is 14.7. The summed E-state index contributed by atoms with van der Waals surface area (Å²) >= 11 is 1.23. The van der Waals surface area contributed by atoms with Gasteiger partial charge in [0.05, 0.1) is 4.92 Å². The molecule has 9 heteroatoms. The smallest absolute Gasteiger partial charge is 0.269 e. The highest BCUT2D eigenvalue weighted by atomic mass is 32.1. The minimum absolute atomic E-state index is 0.0754. The lowest BCUT2D eigenvalue weighted by molar-refractivity contribution is -0.384. The van der Waals surface area contributed by atoms with E-state index >= 15 is 0 Å². The van der Waals surface area contributed by atoms with E-state index in [2.05, 4.69) is 15.5 Å². The van der Waals surface area contributed by atoms with Crippen molar-refractivity contribution in [3.05, 3.63) is 75.3 Å². The van der Waals surface area contributed by atoms with Crippen molar-refractivity contribution in [3.63, 3.8) is 0 Å². The van der Waals surface area contributed by atoms with Gasteiger partial charge in [-0.15, -0.1) is 10.2 Å². The van der Waals surface area contributed by atoms with Crippen molar-refractivity contribution >= 4 is 28.1 Å². The van der Waals surface area contributed by atoms with Crippen LogP contribution in [-0.4, -0.2) is 21.0 Å². The molecule has 0 unspecified atom stereocenters. The summed E-state index contributed by atoms with van der Waals surface area (Å²) in [6.45, 7) is 1.98. The lowest BCUT2D eigenvalue weighted by Crippen LogP contribution is -2.11. The van der Waals surface area contributed by atoms with E-state index in [1.807, 2.05) is 37.3 Å². The van der Waals surface area contributed by atoms with Crippen molar-refractivity contribution in [2.45, 2.75) is 19.4 Å². The Morgan fingerprint density at radius 3 is 2.52 bits per heavy atom. The maximum absolute atomic E-state index is 12.3. The van der Waals surface area contributed by atoms with Crippen LogP contribution in [0.4, 0.5) is 10.8 Å². The fourth-order valence-corrected chi connectivity index (χ4v) is 3.14. The fraction of sp³-hybridized carbons (Fsp3) is 0.167. The Morgan fingerprint density at radius 2 is 1.89 bits per heavy atom. The van der Waals surface area contributed by atoms with Crippen LogP contribution in [-0.2, 0) is 0 Å². The van der Waals surface area contributed by atoms with E-state index in [0.29, 0.717) is 22.1 Å². The van der Waals surface area contributed by atoms with Crippen LogP contribution in [0.15, 0.2) is 54.6 Å². The topological polar surface area (TPSA) is 107 Å². The van der Waals surface area contributed by atoms with Crippen LogP contribution in [0.2, 0.25) is 0 Å². The number of nitrogens with zero attached hydrogens (tertiary/aromatic N) is 3. The molecule has 1 atom stereocenters. The second-order valence-electron chi connectivity index (χ2n) is 5.53. The highest BCUT2D eigenvalue weighted by Crippen LogP contribution is 2.29. The third-order valence-corrected chi connectivity index (χ3v) is 4.60. The third kappa shape index (κ3) is 4.64. The zero-order valence-electron chi connectivity index (χ0n) is 14.4. The van der Waals surface area contributed by atoms with Crippen molar-refractivity contribution in [2.24, 2.45) is 0 Å². The van der Waals surface area contributed by atoms with Crippen molar-refractivity contribution in [2.75, 3.05) is 5.32 Å². The maximum atomic E-state index is 12.3. The van der Waals surface area contributed by atoms with Gasteiger partial charge in [0.2, 0.25) is 5.13 Å². The molecular weight excluding hydrogens is 368 g/mol. The molecule has 8 nitrogen and oxygen atoms in total. The zero-order valence-corrected chi connectivity index (χ0v) is 15.2. The highest BCUT2D eigenvalue weighted by molar-refractivity contribution is 7.15. The minimum Gasteiger partial charge on any atom is -0.483 e. The number of aromatic nitrogens is 2. The van der Waals surface area contributed by atoms with E-state index in [1.54, 1.807) is 0 Å². The van der Waals surface area contributed by atoms with Gasteiger partial charge in [-0.05, 0) is 30.7 Å². The van der Waals surface area contributed by atoms with Gasteiger partial charge in [0.1, 0.15) is 5.75 Å². The number of nitrogens with one attached hydrogen (secondary N) is 1. The first kappa shape index (κ1) is 18.5. The molecule has 2 aromatic carbocycles. The van der Waals surface area contributed by atoms with Crippen LogP contribution < -0.4 is 10.1 Å². The summed E-state index contributed by atoms with van der Waals surface area (Å²) in [5.74, 6) is 0.320. The van der Waals surface area contributed by atoms with Crippen LogP contribution in [0, 0.1) is 10.1 Å². The maximum Gasteiger partial charge on any atom is 0.269 e. The first-order valence-corrected chi connectivity index (χ1v) is 8.99. The van der Waals surface area contributed by atoms with Gasteiger partial charge in [0.15, 0.2) is 11.1 Å². The first-order valence-electron chi connectivity index (χ1n) is 8.17. The number of carbonyl (C=O) groups is 1. The Kier molecular flexibility index (Phi) is 5.72. The van der Waals surface area contributed by atoms with Gasteiger partial charge >= 0.3 is 0 Å². The Hall–Kier alpha value is -3.33. The van der Waals surface area contributed by atoms with Gasteiger partial charge in [0.25, 0.3) is 11.6 Å². The molecule has 0 aliphatic rings. The van der Waals surface area contributed by atoms with E-state index in [9.17, 15) is 14.9 Å². The normalized spacial score (nSPS) is 11.6. The standard InChI is InChI=1S/C18H16N4O4S/c1-2-15(26-14-6-4-3-5-7-14)17-20-21-18(27-17)19-16(23)12-8-10-13(11-9-12)22(24)25/h3-11,15H,2H2,1H3,(H,19,21,23)/t15-/m1/s1. The molecule has 1 amide bonds. The zero-order chi connectivity index (χ0) is 19.2. The molecule has 0 aliphatic carbocycles. The summed E-state index contributed by atoms with van der Waals surface area (Å²) in [7, 11) is 0. The van der Waals surface area contributed by atoms with E-state index in [0.717, 1.165) is 5.75 Å². The molecular formula is C18H16N4O4S. The molecule has 3 rings (SSSR count). The van der Waals surface area contributed by atoms with Crippen molar-refractivity contribution in [1.82, 2.24) is 10.2 Å². The lowest BCUT2D eigenvalue weighted by Gasteiger charge is -2.14. The SMILES string of the molecule is CC[C@@H](Oc1ccccc1)c1nnc(NC(=O)c2ccc([N+](=O)[O-])cc2)s1. The van der Waals surface area contributed by atoms with Gasteiger partial charge < -0.3 is 4.74 Å². The molecule has 0 spiro atoms. The van der Waals surface area contributed by atoms with Crippen LogP contribution >= 0.6 is 11.3 Å². The number of nitro groups is 1. The van der Waals surface area contributed by atoms with Gasteiger partial charge in [0, 0.05) is 17.7 Å². The molecule has 27 heavy (non-hydrogen) atoms. The van der Waals surface area contributed by atoms with Crippen LogP contribution in [0.25, 0.3) is 0 Å². The Morgan fingerprint density at radius 1 is 1.19 bits per heavy atom. The predicted molar refractivity (Wildman–Crippen MR) is 101 cm³/mol. The quantitative estimate of drug-likeness (QED) is 0.482. The lowest BCUT2D eigenvalue weighted by atomic mass is 10.2. The Bertz CT molecular complexity index is 928. The number of benzene rings is 2. The molecule has 138 valence electrons. The van der Waals surface area contributed by atoms with Gasteiger partial charge in [-0.2, -0.15) is 0 Å². The summed E-state index contributed by atoms with van der Waals surface area (Å²) in [5.41, 5.74) is 0.221. The summed E-state index contributed by atoms with van der Waals surface area (Å²) in [6.07, 6.45) is 0.426. The minimum atomic E-state index is -0.518. The molecule has 3 aromatic rings. The van der Waals surface area contributed by atoms with Crippen LogP contribution in [0.3, 0.4) is 0 Å². The molecule has 0 bridgehead atoms. The number of amides is 1. The van der Waals surface area contributed by atoms with Crippen molar-refractivity contribution in [1.29, 1.82) is 0 Å². The average molecular weight is 384 g/mol. The van der Waals surface area contributed by atoms with Crippen molar-refractivity contribution < 1.29 is 14.5 Å². The molecule has 1 heterocycles. The summed E-state index contributed by atoms with van der Waals surface area (Å²) in [5, 5.41) is 22.4. The fourth-order valence-electron chi connectivity index (χ4n) is 2.29. The number of hydrogen-bond donors (Lipinski definition) is 1. The Balaban J connectivity index is 1.67. The number of anilines is 1. The van der Waals surface area contributed by atoms with Crippen LogP contribution in [0.5, 0.6) is 5.75 Å². The van der Waals surface area contributed by atoms with Crippen molar-refractivity contribution in [3.8, 4) is 5.75 Å². The predicted octanol–water partition coefficient (Wildman–Crippen LogP) is 4.23. The summed E-state index contributed by atoms with van der Waals surface area (Å²) < 4.78 is 5.92. The number of non-ortho nitro benzene ring substituents is 1. The molecule has 0 saturated carbocycles. The number of carbonyl (C=O) groups excluding carboxylic acids is 1. The van der Waals surface area contributed by atoms with Gasteiger partial charge in [-0.3, -0.25) is 20.2 Å². The second kappa shape index (κ2) is 8.37. The highest BCUT2D eigenvalue weighted by Gasteiger charge is 2.18. The van der Waals surface area contributed by atoms with Gasteiger partial charge in [-0.25, -0.2) is 0 Å². The van der Waals surface area contributed by atoms with E-state index in [4.69, 9.17) is 4.74 Å². The molecule has 0 saturated heterocycles. The van der Waals surface area contributed by atoms with Gasteiger partial charge in [-0.1, -0.05) is 36.5 Å².